The van der Waals surface area contributed by atoms with E-state index in [0.717, 1.165) is 42.5 Å². The molecule has 0 aliphatic carbocycles. The van der Waals surface area contributed by atoms with Crippen LogP contribution in [0.3, 0.4) is 0 Å². The summed E-state index contributed by atoms with van der Waals surface area (Å²) < 4.78 is 4.57. The molecule has 0 saturated heterocycles. The van der Waals surface area contributed by atoms with Crippen molar-refractivity contribution >= 4 is 11.2 Å². The van der Waals surface area contributed by atoms with Gasteiger partial charge >= 0.3 is 5.69 Å². The lowest BCUT2D eigenvalue weighted by molar-refractivity contribution is 0.589. The van der Waals surface area contributed by atoms with Gasteiger partial charge in [0.25, 0.3) is 5.56 Å². The first-order valence-electron chi connectivity index (χ1n) is 7.88. The fourth-order valence-corrected chi connectivity index (χ4v) is 2.67. The zero-order chi connectivity index (χ0) is 16.3. The average molecular weight is 307 g/mol. The third-order valence-corrected chi connectivity index (χ3v) is 4.02. The van der Waals surface area contributed by atoms with Crippen LogP contribution in [0, 0.1) is 0 Å². The van der Waals surface area contributed by atoms with Crippen LogP contribution in [0.25, 0.3) is 11.2 Å². The van der Waals surface area contributed by atoms with Gasteiger partial charge in [-0.05, 0) is 25.8 Å². The molecule has 2 N–H and O–H groups in total. The first kappa shape index (κ1) is 16.5. The van der Waals surface area contributed by atoms with Gasteiger partial charge in [-0.1, -0.05) is 13.3 Å². The Morgan fingerprint density at radius 2 is 1.82 bits per heavy atom. The van der Waals surface area contributed by atoms with Gasteiger partial charge in [-0.15, -0.1) is 0 Å². The maximum atomic E-state index is 12.5. The normalized spacial score (nSPS) is 11.5. The lowest BCUT2D eigenvalue weighted by Crippen LogP contribution is -2.37. The molecule has 7 heteroatoms. The predicted molar refractivity (Wildman–Crippen MR) is 87.1 cm³/mol. The molecule has 0 amide bonds. The van der Waals surface area contributed by atoms with Crippen molar-refractivity contribution in [2.45, 2.75) is 45.6 Å². The van der Waals surface area contributed by atoms with E-state index in [-0.39, 0.29) is 11.2 Å². The number of aryl methyl sites for hydroxylation is 3. The monoisotopic (exact) mass is 307 g/mol. The molecule has 0 atom stereocenters. The molecule has 0 bridgehead atoms. The Kier molecular flexibility index (Phi) is 5.18. The highest BCUT2D eigenvalue weighted by atomic mass is 16.2. The number of rotatable bonds is 7. The number of aromatic nitrogens is 4. The number of nitrogens with zero attached hydrogens (tertiary/aromatic N) is 4. The molecular weight excluding hydrogens is 282 g/mol. The van der Waals surface area contributed by atoms with Gasteiger partial charge in [0.05, 0.1) is 0 Å². The maximum Gasteiger partial charge on any atom is 0.332 e. The van der Waals surface area contributed by atoms with Crippen molar-refractivity contribution in [3.05, 3.63) is 26.7 Å². The second-order valence-electron chi connectivity index (χ2n) is 5.66. The van der Waals surface area contributed by atoms with E-state index in [1.807, 2.05) is 4.57 Å². The number of hydrogen-bond donors (Lipinski definition) is 1. The third-order valence-electron chi connectivity index (χ3n) is 4.02. The zero-order valence-corrected chi connectivity index (χ0v) is 13.6. The fraction of sp³-hybridized carbons (Fsp3) is 0.667. The number of fused-ring (bicyclic) bond motifs is 1. The summed E-state index contributed by atoms with van der Waals surface area (Å²) in [7, 11) is 3.16. The number of unbranched alkanes of at least 4 members (excludes halogenated alkanes) is 2. The maximum absolute atomic E-state index is 12.5. The lowest BCUT2D eigenvalue weighted by Gasteiger charge is -2.09. The van der Waals surface area contributed by atoms with Crippen molar-refractivity contribution in [3.8, 4) is 0 Å². The summed E-state index contributed by atoms with van der Waals surface area (Å²) in [5, 5.41) is 0. The van der Waals surface area contributed by atoms with Gasteiger partial charge in [-0.2, -0.15) is 0 Å². The summed E-state index contributed by atoms with van der Waals surface area (Å²) in [5.74, 6) is 0.882. The van der Waals surface area contributed by atoms with E-state index in [1.165, 1.54) is 11.6 Å². The summed E-state index contributed by atoms with van der Waals surface area (Å²) in [6.07, 6.45) is 4.68. The molecule has 7 nitrogen and oxygen atoms in total. The Morgan fingerprint density at radius 3 is 2.45 bits per heavy atom. The zero-order valence-electron chi connectivity index (χ0n) is 13.6. The Balaban J connectivity index is 2.64. The summed E-state index contributed by atoms with van der Waals surface area (Å²) >= 11 is 0. The molecule has 0 radical (unpaired) electrons. The molecule has 2 heterocycles. The van der Waals surface area contributed by atoms with Crippen LogP contribution in [0.2, 0.25) is 0 Å². The highest BCUT2D eigenvalue weighted by Gasteiger charge is 2.18. The molecule has 2 aromatic heterocycles. The number of imidazole rings is 1. The molecule has 2 rings (SSSR count). The standard InChI is InChI=1S/C15H25N5O2/c1-4-5-8-11-17-13-12(20(11)10-7-6-9-16)14(21)19(3)15(22)18(13)2/h4-10,16H2,1-3H3. The van der Waals surface area contributed by atoms with Crippen LogP contribution < -0.4 is 17.0 Å². The third kappa shape index (κ3) is 2.85. The minimum Gasteiger partial charge on any atom is -0.330 e. The van der Waals surface area contributed by atoms with Gasteiger partial charge < -0.3 is 10.3 Å². The number of nitrogens with two attached hydrogens (primary N) is 1. The van der Waals surface area contributed by atoms with E-state index < -0.39 is 0 Å². The molecule has 22 heavy (non-hydrogen) atoms. The van der Waals surface area contributed by atoms with E-state index in [1.54, 1.807) is 7.05 Å². The first-order valence-corrected chi connectivity index (χ1v) is 7.88. The van der Waals surface area contributed by atoms with Crippen molar-refractivity contribution in [3.63, 3.8) is 0 Å². The summed E-state index contributed by atoms with van der Waals surface area (Å²) in [6.45, 7) is 3.46. The van der Waals surface area contributed by atoms with E-state index in [2.05, 4.69) is 11.9 Å². The van der Waals surface area contributed by atoms with Gasteiger partial charge in [0.2, 0.25) is 0 Å². The van der Waals surface area contributed by atoms with Gasteiger partial charge in [-0.25, -0.2) is 9.78 Å². The van der Waals surface area contributed by atoms with Crippen LogP contribution in [0.5, 0.6) is 0 Å². The molecule has 0 aliphatic heterocycles. The van der Waals surface area contributed by atoms with Crippen molar-refractivity contribution in [2.24, 2.45) is 19.8 Å². The van der Waals surface area contributed by atoms with E-state index in [0.29, 0.717) is 24.3 Å². The molecule has 0 saturated carbocycles. The SMILES string of the molecule is CCCCc1nc2c(c(=O)n(C)c(=O)n2C)n1CCCCN. The minimum atomic E-state index is -0.342. The van der Waals surface area contributed by atoms with E-state index in [9.17, 15) is 9.59 Å². The first-order chi connectivity index (χ1) is 10.5. The smallest absolute Gasteiger partial charge is 0.330 e. The Hall–Kier alpha value is -1.89. The topological polar surface area (TPSA) is 87.8 Å². The summed E-state index contributed by atoms with van der Waals surface area (Å²) in [5.41, 5.74) is 5.94. The lowest BCUT2D eigenvalue weighted by atomic mass is 10.2. The largest absolute Gasteiger partial charge is 0.332 e. The van der Waals surface area contributed by atoms with Gasteiger partial charge in [0.1, 0.15) is 5.82 Å². The van der Waals surface area contributed by atoms with Gasteiger partial charge in [0.15, 0.2) is 11.2 Å². The molecule has 0 aromatic carbocycles. The van der Waals surface area contributed by atoms with Crippen LogP contribution >= 0.6 is 0 Å². The Labute approximate surface area is 129 Å². The van der Waals surface area contributed by atoms with Crippen molar-refractivity contribution < 1.29 is 0 Å². The molecule has 0 unspecified atom stereocenters. The Bertz CT molecular complexity index is 769. The fourth-order valence-electron chi connectivity index (χ4n) is 2.67. The summed E-state index contributed by atoms with van der Waals surface area (Å²) in [6, 6.07) is 0. The molecule has 0 fully saturated rings. The van der Waals surface area contributed by atoms with Crippen LogP contribution in [-0.2, 0) is 27.1 Å². The van der Waals surface area contributed by atoms with E-state index >= 15 is 0 Å². The van der Waals surface area contributed by atoms with Crippen LogP contribution in [0.4, 0.5) is 0 Å². The average Bonchev–Trinajstić information content (AvgIpc) is 2.88. The number of hydrogen-bond acceptors (Lipinski definition) is 4. The molecule has 122 valence electrons. The highest BCUT2D eigenvalue weighted by Crippen LogP contribution is 2.14. The molecule has 2 aromatic rings. The molecule has 0 spiro atoms. The van der Waals surface area contributed by atoms with Crippen LogP contribution in [0.15, 0.2) is 9.59 Å². The van der Waals surface area contributed by atoms with Gasteiger partial charge in [-0.3, -0.25) is 13.9 Å². The second kappa shape index (κ2) is 6.91. The molecule has 0 aliphatic rings. The quantitative estimate of drug-likeness (QED) is 0.755. The second-order valence-corrected chi connectivity index (χ2v) is 5.66. The van der Waals surface area contributed by atoms with E-state index in [4.69, 9.17) is 5.73 Å². The predicted octanol–water partition coefficient (Wildman–Crippen LogP) is 0.515. The van der Waals surface area contributed by atoms with Crippen LogP contribution in [0.1, 0.15) is 38.4 Å². The van der Waals surface area contributed by atoms with Crippen molar-refractivity contribution in [1.82, 2.24) is 18.7 Å². The highest BCUT2D eigenvalue weighted by molar-refractivity contribution is 5.71. The van der Waals surface area contributed by atoms with Crippen LogP contribution in [-0.4, -0.2) is 25.2 Å². The summed E-state index contributed by atoms with van der Waals surface area (Å²) in [4.78, 5) is 29.1. The van der Waals surface area contributed by atoms with Gasteiger partial charge in [0, 0.05) is 27.1 Å². The van der Waals surface area contributed by atoms with Crippen molar-refractivity contribution in [1.29, 1.82) is 0 Å². The minimum absolute atomic E-state index is 0.277. The Morgan fingerprint density at radius 1 is 1.09 bits per heavy atom. The molecular formula is C15H25N5O2. The van der Waals surface area contributed by atoms with Crippen molar-refractivity contribution in [2.75, 3.05) is 6.54 Å².